The molecule has 1 aromatic heterocycles. The Kier molecular flexibility index (Phi) is 5.25. The van der Waals surface area contributed by atoms with Gasteiger partial charge in [0, 0.05) is 16.5 Å². The largest absolute Gasteiger partial charge is 0.441 e. The number of ether oxygens (including phenoxy) is 1. The number of carbonyl (C=O) groups is 1. The smallest absolute Gasteiger partial charge is 0.414 e. The fourth-order valence-electron chi connectivity index (χ4n) is 3.13. The number of nitrogens with zero attached hydrogens (tertiary/aromatic N) is 3. The van der Waals surface area contributed by atoms with Crippen LogP contribution in [0.5, 0.6) is 0 Å². The molecule has 1 N–H and O–H groups in total. The van der Waals surface area contributed by atoms with Crippen molar-refractivity contribution in [1.82, 2.24) is 4.98 Å². The second-order valence-electron chi connectivity index (χ2n) is 6.52. The molecule has 4 rings (SSSR count). The molecule has 0 unspecified atom stereocenters. The van der Waals surface area contributed by atoms with Crippen LogP contribution in [0.15, 0.2) is 47.8 Å². The Bertz CT molecular complexity index is 1090. The van der Waals surface area contributed by atoms with Crippen molar-refractivity contribution >= 4 is 23.1 Å². The van der Waals surface area contributed by atoms with Gasteiger partial charge in [0.15, 0.2) is 0 Å². The average molecular weight is 409 g/mol. The lowest BCUT2D eigenvalue weighted by Crippen LogP contribution is -2.25. The maximum Gasteiger partial charge on any atom is 0.414 e. The molecular weight excluding hydrogens is 393 g/mol. The Hall–Kier alpha value is -3.28. The topological polar surface area (TPSA) is 86.5 Å². The lowest BCUT2D eigenvalue weighted by molar-refractivity contribution is 0.0963. The average Bonchev–Trinajstić information content (AvgIpc) is 3.35. The molecule has 8 heteroatoms. The first-order valence-electron chi connectivity index (χ1n) is 8.89. The van der Waals surface area contributed by atoms with Crippen LogP contribution in [-0.2, 0) is 11.2 Å². The Morgan fingerprint density at radius 3 is 2.69 bits per heavy atom. The van der Waals surface area contributed by atoms with E-state index in [9.17, 15) is 9.18 Å². The summed E-state index contributed by atoms with van der Waals surface area (Å²) in [5, 5.41) is 20.6. The van der Waals surface area contributed by atoms with Gasteiger partial charge in [0.1, 0.15) is 16.9 Å². The predicted molar refractivity (Wildman–Crippen MR) is 107 cm³/mol. The molecule has 0 aliphatic carbocycles. The van der Waals surface area contributed by atoms with Gasteiger partial charge < -0.3 is 9.84 Å². The van der Waals surface area contributed by atoms with E-state index < -0.39 is 18.0 Å². The van der Waals surface area contributed by atoms with E-state index in [0.717, 1.165) is 16.3 Å². The molecule has 1 atom stereocenters. The van der Waals surface area contributed by atoms with Crippen molar-refractivity contribution in [1.29, 1.82) is 5.26 Å². The van der Waals surface area contributed by atoms with Crippen molar-refractivity contribution in [2.45, 2.75) is 12.5 Å². The molecule has 1 fully saturated rings. The molecule has 1 amide bonds. The number of benzene rings is 2. The molecule has 1 aliphatic rings. The summed E-state index contributed by atoms with van der Waals surface area (Å²) in [7, 11) is 0. The molecular formula is C21H16FN3O3S. The number of nitriles is 1. The van der Waals surface area contributed by atoms with E-state index in [4.69, 9.17) is 15.1 Å². The zero-order chi connectivity index (χ0) is 20.4. The van der Waals surface area contributed by atoms with Gasteiger partial charge in [0.25, 0.3) is 0 Å². The SMILES string of the molecule is N#CCc1csc(-c2ccc(-c3ccc(N4C[C@H](CO)OC4=O)cc3F)cc2)n1. The number of aromatic nitrogens is 1. The fraction of sp³-hybridized carbons (Fsp3) is 0.190. The third-order valence-corrected chi connectivity index (χ3v) is 5.54. The maximum absolute atomic E-state index is 14.7. The number of hydrogen-bond donors (Lipinski definition) is 1. The van der Waals surface area contributed by atoms with E-state index in [1.54, 1.807) is 12.1 Å². The Balaban J connectivity index is 1.55. The first-order valence-corrected chi connectivity index (χ1v) is 9.77. The van der Waals surface area contributed by atoms with Gasteiger partial charge in [-0.05, 0) is 23.8 Å². The standard InChI is InChI=1S/C21H16FN3O3S/c22-19-9-16(25-10-17(11-26)28-21(25)27)5-6-18(19)13-1-3-14(4-2-13)20-24-15(7-8-23)12-29-20/h1-6,9,12,17,26H,7,10-11H2/t17-/m1/s1. The summed E-state index contributed by atoms with van der Waals surface area (Å²) in [6.45, 7) is -0.0866. The van der Waals surface area contributed by atoms with Crippen LogP contribution < -0.4 is 4.90 Å². The van der Waals surface area contributed by atoms with Gasteiger partial charge in [0.2, 0.25) is 0 Å². The monoisotopic (exact) mass is 409 g/mol. The summed E-state index contributed by atoms with van der Waals surface area (Å²) >= 11 is 1.46. The number of hydrogen-bond acceptors (Lipinski definition) is 6. The second-order valence-corrected chi connectivity index (χ2v) is 7.38. The molecule has 6 nitrogen and oxygen atoms in total. The number of aliphatic hydroxyl groups is 1. The molecule has 29 heavy (non-hydrogen) atoms. The first kappa shape index (κ1) is 19.1. The highest BCUT2D eigenvalue weighted by Gasteiger charge is 2.32. The highest BCUT2D eigenvalue weighted by atomic mass is 32.1. The van der Waals surface area contributed by atoms with E-state index in [1.165, 1.54) is 22.3 Å². The molecule has 0 saturated carbocycles. The quantitative estimate of drug-likeness (QED) is 0.688. The zero-order valence-electron chi connectivity index (χ0n) is 15.2. The van der Waals surface area contributed by atoms with Crippen LogP contribution in [0.25, 0.3) is 21.7 Å². The van der Waals surface area contributed by atoms with E-state index in [0.29, 0.717) is 16.8 Å². The van der Waals surface area contributed by atoms with E-state index in [2.05, 4.69) is 11.1 Å². The number of rotatable bonds is 5. The highest BCUT2D eigenvalue weighted by Crippen LogP contribution is 2.31. The lowest BCUT2D eigenvalue weighted by Gasteiger charge is -2.14. The summed E-state index contributed by atoms with van der Waals surface area (Å²) in [5.74, 6) is -0.457. The minimum Gasteiger partial charge on any atom is -0.441 e. The molecule has 0 bridgehead atoms. The van der Waals surface area contributed by atoms with Gasteiger partial charge in [-0.1, -0.05) is 24.3 Å². The number of amides is 1. The molecule has 2 aromatic carbocycles. The Morgan fingerprint density at radius 1 is 1.28 bits per heavy atom. The van der Waals surface area contributed by atoms with Gasteiger partial charge in [-0.2, -0.15) is 5.26 Å². The first-order chi connectivity index (χ1) is 14.1. The van der Waals surface area contributed by atoms with Crippen molar-refractivity contribution in [2.24, 2.45) is 0 Å². The van der Waals surface area contributed by atoms with Crippen molar-refractivity contribution < 1.29 is 19.0 Å². The van der Waals surface area contributed by atoms with Crippen LogP contribution >= 0.6 is 11.3 Å². The van der Waals surface area contributed by atoms with Crippen LogP contribution in [0, 0.1) is 17.1 Å². The molecule has 2 heterocycles. The molecule has 3 aromatic rings. The van der Waals surface area contributed by atoms with Gasteiger partial charge in [-0.25, -0.2) is 14.2 Å². The molecule has 0 radical (unpaired) electrons. The summed E-state index contributed by atoms with van der Waals surface area (Å²) in [5.41, 5.74) is 3.13. The normalized spacial score (nSPS) is 16.0. The maximum atomic E-state index is 14.7. The third kappa shape index (κ3) is 3.83. The second kappa shape index (κ2) is 7.99. The molecule has 1 saturated heterocycles. The Morgan fingerprint density at radius 2 is 2.03 bits per heavy atom. The van der Waals surface area contributed by atoms with Crippen molar-refractivity contribution in [2.75, 3.05) is 18.1 Å². The van der Waals surface area contributed by atoms with Crippen molar-refractivity contribution in [3.05, 3.63) is 59.4 Å². The molecule has 0 spiro atoms. The lowest BCUT2D eigenvalue weighted by atomic mass is 10.0. The minimum atomic E-state index is -0.600. The van der Waals surface area contributed by atoms with E-state index in [-0.39, 0.29) is 19.6 Å². The van der Waals surface area contributed by atoms with E-state index >= 15 is 0 Å². The summed E-state index contributed by atoms with van der Waals surface area (Å²) in [6, 6.07) is 14.0. The van der Waals surface area contributed by atoms with Gasteiger partial charge in [-0.15, -0.1) is 11.3 Å². The highest BCUT2D eigenvalue weighted by molar-refractivity contribution is 7.13. The van der Waals surface area contributed by atoms with Crippen LogP contribution in [0.3, 0.4) is 0 Å². The van der Waals surface area contributed by atoms with Crippen molar-refractivity contribution in [3.63, 3.8) is 0 Å². The van der Waals surface area contributed by atoms with Crippen LogP contribution in [-0.4, -0.2) is 35.4 Å². The number of cyclic esters (lactones) is 1. The number of aliphatic hydroxyl groups excluding tert-OH is 1. The minimum absolute atomic E-state index is 0.185. The predicted octanol–water partition coefficient (Wildman–Crippen LogP) is 4.00. The van der Waals surface area contributed by atoms with Crippen molar-refractivity contribution in [3.8, 4) is 27.8 Å². The number of halogens is 1. The fourth-order valence-corrected chi connectivity index (χ4v) is 3.95. The van der Waals surface area contributed by atoms with Gasteiger partial charge in [0.05, 0.1) is 37.0 Å². The van der Waals surface area contributed by atoms with Crippen LogP contribution in [0.2, 0.25) is 0 Å². The van der Waals surface area contributed by atoms with E-state index in [1.807, 2.05) is 29.6 Å². The summed E-state index contributed by atoms with van der Waals surface area (Å²) < 4.78 is 19.7. The van der Waals surface area contributed by atoms with Crippen LogP contribution in [0.1, 0.15) is 5.69 Å². The number of thiazole rings is 1. The molecule has 1 aliphatic heterocycles. The Labute approximate surface area is 170 Å². The van der Waals surface area contributed by atoms with Crippen LogP contribution in [0.4, 0.5) is 14.9 Å². The van der Waals surface area contributed by atoms with Gasteiger partial charge in [-0.3, -0.25) is 4.90 Å². The summed E-state index contributed by atoms with van der Waals surface area (Å²) in [4.78, 5) is 17.6. The zero-order valence-corrected chi connectivity index (χ0v) is 16.0. The number of carbonyl (C=O) groups excluding carboxylic acids is 1. The summed E-state index contributed by atoms with van der Waals surface area (Å²) in [6.07, 6.45) is -0.924. The van der Waals surface area contributed by atoms with Gasteiger partial charge >= 0.3 is 6.09 Å². The molecule has 146 valence electrons. The number of anilines is 1. The third-order valence-electron chi connectivity index (χ3n) is 4.60.